The van der Waals surface area contributed by atoms with E-state index in [0.29, 0.717) is 11.3 Å². The summed E-state index contributed by atoms with van der Waals surface area (Å²) < 4.78 is 0. The van der Waals surface area contributed by atoms with E-state index in [1.54, 1.807) is 12.1 Å². The number of anilines is 1. The van der Waals surface area contributed by atoms with Crippen LogP contribution in [0.2, 0.25) is 0 Å². The molecular formula is C14H18N2O3S. The predicted molar refractivity (Wildman–Crippen MR) is 81.9 cm³/mol. The maximum atomic E-state index is 11.4. The Balaban J connectivity index is 2.43. The van der Waals surface area contributed by atoms with Gasteiger partial charge in [-0.2, -0.15) is 11.8 Å². The third-order valence-electron chi connectivity index (χ3n) is 3.58. The zero-order valence-corrected chi connectivity index (χ0v) is 12.5. The van der Waals surface area contributed by atoms with Crippen molar-refractivity contribution in [3.8, 4) is 0 Å². The minimum atomic E-state index is -0.396. The van der Waals surface area contributed by atoms with E-state index < -0.39 is 4.92 Å². The van der Waals surface area contributed by atoms with Crippen molar-refractivity contribution >= 4 is 28.9 Å². The van der Waals surface area contributed by atoms with Gasteiger partial charge in [0.1, 0.15) is 5.69 Å². The van der Waals surface area contributed by atoms with Crippen LogP contribution in [-0.4, -0.2) is 34.8 Å². The molecule has 1 aromatic carbocycles. The number of rotatable bonds is 3. The summed E-state index contributed by atoms with van der Waals surface area (Å²) in [4.78, 5) is 24.4. The largest absolute Gasteiger partial charge is 0.362 e. The van der Waals surface area contributed by atoms with Crippen molar-refractivity contribution in [3.63, 3.8) is 0 Å². The molecule has 0 bridgehead atoms. The molecule has 5 nitrogen and oxygen atoms in total. The first-order chi connectivity index (χ1) is 9.50. The smallest absolute Gasteiger partial charge is 0.293 e. The number of carbonyl (C=O) groups excluding carboxylic acids is 1. The van der Waals surface area contributed by atoms with Crippen LogP contribution in [0.4, 0.5) is 11.4 Å². The fourth-order valence-corrected chi connectivity index (χ4v) is 3.42. The second-order valence-electron chi connectivity index (χ2n) is 4.96. The van der Waals surface area contributed by atoms with E-state index in [1.165, 1.54) is 13.0 Å². The van der Waals surface area contributed by atoms with E-state index in [1.807, 2.05) is 11.8 Å². The van der Waals surface area contributed by atoms with Crippen LogP contribution < -0.4 is 4.90 Å². The lowest BCUT2D eigenvalue weighted by atomic mass is 10.1. The molecule has 1 aliphatic rings. The summed E-state index contributed by atoms with van der Waals surface area (Å²) in [5.74, 6) is 1.89. The van der Waals surface area contributed by atoms with Gasteiger partial charge in [0.05, 0.1) is 4.92 Å². The molecule has 0 radical (unpaired) electrons. The van der Waals surface area contributed by atoms with Crippen molar-refractivity contribution < 1.29 is 9.72 Å². The van der Waals surface area contributed by atoms with Crippen molar-refractivity contribution in [2.75, 3.05) is 23.0 Å². The first-order valence-electron chi connectivity index (χ1n) is 6.64. The SMILES string of the molecule is CC(=O)c1ccc(N2CCSCCC2C)c([N+](=O)[O-])c1. The average Bonchev–Trinajstić information content (AvgIpc) is 2.62. The number of hydrogen-bond donors (Lipinski definition) is 0. The molecule has 20 heavy (non-hydrogen) atoms. The van der Waals surface area contributed by atoms with Gasteiger partial charge in [0.15, 0.2) is 5.78 Å². The fraction of sp³-hybridized carbons (Fsp3) is 0.500. The van der Waals surface area contributed by atoms with Gasteiger partial charge in [-0.15, -0.1) is 0 Å². The number of benzene rings is 1. The minimum absolute atomic E-state index is 0.0245. The molecule has 2 rings (SSSR count). The van der Waals surface area contributed by atoms with Crippen LogP contribution in [0, 0.1) is 10.1 Å². The van der Waals surface area contributed by atoms with Gasteiger partial charge in [0.25, 0.3) is 5.69 Å². The van der Waals surface area contributed by atoms with E-state index in [4.69, 9.17) is 0 Å². The van der Waals surface area contributed by atoms with Crippen LogP contribution in [-0.2, 0) is 0 Å². The zero-order valence-electron chi connectivity index (χ0n) is 11.7. The molecule has 0 aliphatic carbocycles. The Hall–Kier alpha value is -1.56. The molecular weight excluding hydrogens is 276 g/mol. The zero-order chi connectivity index (χ0) is 14.7. The Morgan fingerprint density at radius 1 is 1.45 bits per heavy atom. The van der Waals surface area contributed by atoms with Crippen molar-refractivity contribution in [1.29, 1.82) is 0 Å². The number of nitro benzene ring substituents is 1. The van der Waals surface area contributed by atoms with Gasteiger partial charge in [-0.1, -0.05) is 0 Å². The standard InChI is InChI=1S/C14H18N2O3S/c1-10-5-7-20-8-6-15(10)13-4-3-12(11(2)17)9-14(13)16(18)19/h3-4,9-10H,5-8H2,1-2H3. The highest BCUT2D eigenvalue weighted by Gasteiger charge is 2.25. The highest BCUT2D eigenvalue weighted by atomic mass is 32.2. The number of Topliss-reactive ketones (excluding diaryl/α,β-unsaturated/α-hetero) is 1. The fourth-order valence-electron chi connectivity index (χ4n) is 2.38. The van der Waals surface area contributed by atoms with Crippen molar-refractivity contribution in [2.24, 2.45) is 0 Å². The highest BCUT2D eigenvalue weighted by molar-refractivity contribution is 7.99. The van der Waals surface area contributed by atoms with Crippen LogP contribution >= 0.6 is 11.8 Å². The number of thioether (sulfide) groups is 1. The van der Waals surface area contributed by atoms with E-state index in [2.05, 4.69) is 11.8 Å². The molecule has 1 fully saturated rings. The predicted octanol–water partition coefficient (Wildman–Crippen LogP) is 3.13. The third-order valence-corrected chi connectivity index (χ3v) is 4.57. The molecule has 0 N–H and O–H groups in total. The molecule has 0 aromatic heterocycles. The molecule has 1 aliphatic heterocycles. The third kappa shape index (κ3) is 3.12. The Morgan fingerprint density at radius 3 is 2.85 bits per heavy atom. The molecule has 0 spiro atoms. The Morgan fingerprint density at radius 2 is 2.20 bits per heavy atom. The number of hydrogen-bond acceptors (Lipinski definition) is 5. The summed E-state index contributed by atoms with van der Waals surface area (Å²) in [7, 11) is 0. The van der Waals surface area contributed by atoms with Gasteiger partial charge >= 0.3 is 0 Å². The van der Waals surface area contributed by atoms with Crippen molar-refractivity contribution in [3.05, 3.63) is 33.9 Å². The van der Waals surface area contributed by atoms with Gasteiger partial charge in [-0.05, 0) is 38.2 Å². The van der Waals surface area contributed by atoms with Crippen LogP contribution in [0.15, 0.2) is 18.2 Å². The van der Waals surface area contributed by atoms with Gasteiger partial charge < -0.3 is 4.90 Å². The quantitative estimate of drug-likeness (QED) is 0.487. The lowest BCUT2D eigenvalue weighted by Crippen LogP contribution is -2.34. The maximum Gasteiger partial charge on any atom is 0.293 e. The van der Waals surface area contributed by atoms with Crippen molar-refractivity contribution in [1.82, 2.24) is 0 Å². The Bertz CT molecular complexity index is 533. The molecule has 1 unspecified atom stereocenters. The number of ketones is 1. The number of nitro groups is 1. The molecule has 0 saturated carbocycles. The van der Waals surface area contributed by atoms with E-state index >= 15 is 0 Å². The van der Waals surface area contributed by atoms with E-state index in [0.717, 1.165) is 24.5 Å². The molecule has 1 atom stereocenters. The normalized spacial score (nSPS) is 19.5. The molecule has 1 heterocycles. The molecule has 0 amide bonds. The summed E-state index contributed by atoms with van der Waals surface area (Å²) in [6, 6.07) is 5.05. The maximum absolute atomic E-state index is 11.4. The summed E-state index contributed by atoms with van der Waals surface area (Å²) in [6.45, 7) is 4.31. The monoisotopic (exact) mass is 294 g/mol. The minimum Gasteiger partial charge on any atom is -0.362 e. The molecule has 108 valence electrons. The second-order valence-corrected chi connectivity index (χ2v) is 6.18. The summed E-state index contributed by atoms with van der Waals surface area (Å²) in [5.41, 5.74) is 1.03. The van der Waals surface area contributed by atoms with Crippen LogP contribution in [0.5, 0.6) is 0 Å². The Labute approximate surface area is 122 Å². The van der Waals surface area contributed by atoms with Crippen molar-refractivity contribution in [2.45, 2.75) is 26.3 Å². The topological polar surface area (TPSA) is 63.5 Å². The van der Waals surface area contributed by atoms with Gasteiger partial charge in [0.2, 0.25) is 0 Å². The molecule has 6 heteroatoms. The average molecular weight is 294 g/mol. The van der Waals surface area contributed by atoms with Crippen LogP contribution in [0.25, 0.3) is 0 Å². The molecule has 1 saturated heterocycles. The lowest BCUT2D eigenvalue weighted by molar-refractivity contribution is -0.384. The van der Waals surface area contributed by atoms with Gasteiger partial charge in [-0.25, -0.2) is 0 Å². The Kier molecular flexibility index (Phi) is 4.65. The molecule has 1 aromatic rings. The second kappa shape index (κ2) is 6.26. The first-order valence-corrected chi connectivity index (χ1v) is 7.80. The van der Waals surface area contributed by atoms with E-state index in [9.17, 15) is 14.9 Å². The summed E-state index contributed by atoms with van der Waals surface area (Å²) in [5, 5.41) is 11.3. The summed E-state index contributed by atoms with van der Waals surface area (Å²) >= 11 is 1.87. The number of nitrogens with zero attached hydrogens (tertiary/aromatic N) is 2. The lowest BCUT2D eigenvalue weighted by Gasteiger charge is -2.28. The first kappa shape index (κ1) is 14.8. The van der Waals surface area contributed by atoms with Gasteiger partial charge in [-0.3, -0.25) is 14.9 Å². The van der Waals surface area contributed by atoms with E-state index in [-0.39, 0.29) is 17.5 Å². The van der Waals surface area contributed by atoms with Crippen LogP contribution in [0.1, 0.15) is 30.6 Å². The van der Waals surface area contributed by atoms with Gasteiger partial charge in [0, 0.05) is 30.0 Å². The van der Waals surface area contributed by atoms with Crippen LogP contribution in [0.3, 0.4) is 0 Å². The highest BCUT2D eigenvalue weighted by Crippen LogP contribution is 2.33. The summed E-state index contributed by atoms with van der Waals surface area (Å²) in [6.07, 6.45) is 1.01. The number of carbonyl (C=O) groups is 1.